The molecule has 3 aromatic rings. The van der Waals surface area contributed by atoms with E-state index in [1.165, 1.54) is 24.3 Å². The maximum absolute atomic E-state index is 13.0. The van der Waals surface area contributed by atoms with Gasteiger partial charge in [-0.05, 0) is 49.7 Å². The Balaban J connectivity index is 1.50. The van der Waals surface area contributed by atoms with Gasteiger partial charge in [0.25, 0.3) is 11.1 Å². The van der Waals surface area contributed by atoms with Gasteiger partial charge in [-0.2, -0.15) is 0 Å². The number of halogens is 2. The third-order valence-electron chi connectivity index (χ3n) is 3.97. The lowest BCUT2D eigenvalue weighted by Gasteiger charge is -2.15. The molecule has 0 aliphatic heterocycles. The maximum atomic E-state index is 13.0. The minimum absolute atomic E-state index is 0.115. The normalized spacial score (nSPS) is 13.0. The first-order valence-corrected chi connectivity index (χ1v) is 10.2. The molecule has 0 saturated carbocycles. The molecule has 3 rings (SSSR count). The first-order valence-electron chi connectivity index (χ1n) is 8.84. The van der Waals surface area contributed by atoms with Gasteiger partial charge in [0, 0.05) is 5.02 Å². The average molecular weight is 436 g/mol. The summed E-state index contributed by atoms with van der Waals surface area (Å²) < 4.78 is 24.1. The Bertz CT molecular complexity index is 968. The second-order valence-corrected chi connectivity index (χ2v) is 7.55. The number of hydrogen-bond acceptors (Lipinski definition) is 6. The Morgan fingerprint density at radius 1 is 1.21 bits per heavy atom. The molecule has 9 heteroatoms. The van der Waals surface area contributed by atoms with Gasteiger partial charge in [-0.25, -0.2) is 4.39 Å². The van der Waals surface area contributed by atoms with Crippen LogP contribution in [0.3, 0.4) is 0 Å². The Morgan fingerprint density at radius 3 is 2.66 bits per heavy atom. The van der Waals surface area contributed by atoms with Gasteiger partial charge in [-0.15, -0.1) is 10.2 Å². The average Bonchev–Trinajstić information content (AvgIpc) is 3.18. The predicted molar refractivity (Wildman–Crippen MR) is 108 cm³/mol. The van der Waals surface area contributed by atoms with Gasteiger partial charge < -0.3 is 14.5 Å². The Kier molecular flexibility index (Phi) is 7.11. The number of amides is 1. The second-order valence-electron chi connectivity index (χ2n) is 6.22. The number of carbonyl (C=O) groups is 1. The van der Waals surface area contributed by atoms with Gasteiger partial charge in [0.15, 0.2) is 6.10 Å². The summed E-state index contributed by atoms with van der Waals surface area (Å²) in [5.74, 6) is 0.339. The van der Waals surface area contributed by atoms with Crippen LogP contribution in [0.25, 0.3) is 0 Å². The minimum Gasteiger partial charge on any atom is -0.481 e. The standard InChI is InChI=1S/C20H19ClFN3O3S/c1-12(16-5-3-4-6-17(16)21)23-18(26)11-29-20-25-24-19(28-20)13(2)27-15-9-7-14(22)8-10-15/h3-10,12-13H,11H2,1-2H3,(H,23,26)/t12-,13-/m0/s1. The van der Waals surface area contributed by atoms with E-state index < -0.39 is 6.10 Å². The molecule has 152 valence electrons. The van der Waals surface area contributed by atoms with E-state index >= 15 is 0 Å². The van der Waals surface area contributed by atoms with Crippen molar-refractivity contribution in [2.75, 3.05) is 5.75 Å². The van der Waals surface area contributed by atoms with Gasteiger partial charge >= 0.3 is 0 Å². The third kappa shape index (κ3) is 5.95. The molecule has 6 nitrogen and oxygen atoms in total. The van der Waals surface area contributed by atoms with Gasteiger partial charge in [-0.3, -0.25) is 4.79 Å². The van der Waals surface area contributed by atoms with E-state index in [0.717, 1.165) is 17.3 Å². The predicted octanol–water partition coefficient (Wildman–Crippen LogP) is 4.97. The first kappa shape index (κ1) is 21.1. The monoisotopic (exact) mass is 435 g/mol. The number of carbonyl (C=O) groups excluding carboxylic acids is 1. The van der Waals surface area contributed by atoms with Gasteiger partial charge in [0.1, 0.15) is 11.6 Å². The highest BCUT2D eigenvalue weighted by atomic mass is 35.5. The highest BCUT2D eigenvalue weighted by Gasteiger charge is 2.18. The first-order chi connectivity index (χ1) is 13.9. The summed E-state index contributed by atoms with van der Waals surface area (Å²) in [6.45, 7) is 3.60. The molecular formula is C20H19ClFN3O3S. The summed E-state index contributed by atoms with van der Waals surface area (Å²) in [7, 11) is 0. The second kappa shape index (κ2) is 9.76. The van der Waals surface area contributed by atoms with Crippen molar-refractivity contribution in [1.82, 2.24) is 15.5 Å². The lowest BCUT2D eigenvalue weighted by atomic mass is 10.1. The van der Waals surface area contributed by atoms with Gasteiger partial charge in [0.05, 0.1) is 11.8 Å². The number of hydrogen-bond donors (Lipinski definition) is 1. The van der Waals surface area contributed by atoms with Crippen molar-refractivity contribution in [2.45, 2.75) is 31.2 Å². The van der Waals surface area contributed by atoms with Crippen LogP contribution in [0.15, 0.2) is 58.2 Å². The van der Waals surface area contributed by atoms with Crippen molar-refractivity contribution in [1.29, 1.82) is 0 Å². The van der Waals surface area contributed by atoms with Crippen LogP contribution in [0, 0.1) is 5.82 Å². The molecule has 0 spiro atoms. The van der Waals surface area contributed by atoms with E-state index in [1.54, 1.807) is 13.0 Å². The lowest BCUT2D eigenvalue weighted by molar-refractivity contribution is -0.119. The molecule has 0 bridgehead atoms. The Hall–Kier alpha value is -2.58. The fraction of sp³-hybridized carbons (Fsp3) is 0.250. The molecule has 2 aromatic carbocycles. The molecule has 1 aromatic heterocycles. The highest BCUT2D eigenvalue weighted by Crippen LogP contribution is 2.25. The van der Waals surface area contributed by atoms with Crippen LogP contribution >= 0.6 is 23.4 Å². The van der Waals surface area contributed by atoms with E-state index in [2.05, 4.69) is 15.5 Å². The van der Waals surface area contributed by atoms with E-state index in [-0.39, 0.29) is 34.6 Å². The van der Waals surface area contributed by atoms with Crippen LogP contribution in [0.4, 0.5) is 4.39 Å². The lowest BCUT2D eigenvalue weighted by Crippen LogP contribution is -2.28. The van der Waals surface area contributed by atoms with E-state index in [0.29, 0.717) is 10.8 Å². The minimum atomic E-state index is -0.517. The van der Waals surface area contributed by atoms with Crippen LogP contribution in [-0.2, 0) is 4.79 Å². The Labute approximate surface area is 176 Å². The van der Waals surface area contributed by atoms with Gasteiger partial charge in [0.2, 0.25) is 5.91 Å². The van der Waals surface area contributed by atoms with Crippen LogP contribution in [0.1, 0.15) is 37.4 Å². The molecule has 0 radical (unpaired) electrons. The Morgan fingerprint density at radius 2 is 1.93 bits per heavy atom. The number of aromatic nitrogens is 2. The van der Waals surface area contributed by atoms with Crippen molar-refractivity contribution < 1.29 is 18.3 Å². The summed E-state index contributed by atoms with van der Waals surface area (Å²) >= 11 is 7.28. The number of rotatable bonds is 8. The molecule has 1 amide bonds. The number of benzene rings is 2. The molecule has 0 aliphatic carbocycles. The van der Waals surface area contributed by atoms with E-state index in [9.17, 15) is 9.18 Å². The molecule has 0 fully saturated rings. The molecule has 1 N–H and O–H groups in total. The molecule has 1 heterocycles. The van der Waals surface area contributed by atoms with Crippen molar-refractivity contribution in [3.8, 4) is 5.75 Å². The summed E-state index contributed by atoms with van der Waals surface area (Å²) in [6, 6.07) is 12.8. The van der Waals surface area contributed by atoms with Crippen LogP contribution in [-0.4, -0.2) is 21.9 Å². The number of nitrogens with zero attached hydrogens (tertiary/aromatic N) is 2. The highest BCUT2D eigenvalue weighted by molar-refractivity contribution is 7.99. The molecule has 2 atom stereocenters. The van der Waals surface area contributed by atoms with Crippen LogP contribution < -0.4 is 10.1 Å². The van der Waals surface area contributed by atoms with E-state index in [4.69, 9.17) is 20.8 Å². The van der Waals surface area contributed by atoms with Crippen molar-refractivity contribution >= 4 is 29.3 Å². The number of thioether (sulfide) groups is 1. The summed E-state index contributed by atoms with van der Waals surface area (Å²) in [5, 5.41) is 11.6. The van der Waals surface area contributed by atoms with E-state index in [1.807, 2.05) is 25.1 Å². The SMILES string of the molecule is C[C@H](NC(=O)CSc1nnc([C@H](C)Oc2ccc(F)cc2)o1)c1ccccc1Cl. The number of ether oxygens (including phenoxy) is 1. The third-order valence-corrected chi connectivity index (χ3v) is 5.13. The fourth-order valence-corrected chi connectivity index (χ4v) is 3.41. The zero-order valence-corrected chi connectivity index (χ0v) is 17.3. The quantitative estimate of drug-likeness (QED) is 0.503. The smallest absolute Gasteiger partial charge is 0.277 e. The molecule has 0 saturated heterocycles. The maximum Gasteiger partial charge on any atom is 0.277 e. The fourth-order valence-electron chi connectivity index (χ4n) is 2.53. The summed E-state index contributed by atoms with van der Waals surface area (Å²) in [5.41, 5.74) is 0.847. The zero-order valence-electron chi connectivity index (χ0n) is 15.8. The summed E-state index contributed by atoms with van der Waals surface area (Å²) in [6.07, 6.45) is -0.517. The van der Waals surface area contributed by atoms with Crippen LogP contribution in [0.5, 0.6) is 5.75 Å². The van der Waals surface area contributed by atoms with Crippen molar-refractivity contribution in [3.63, 3.8) is 0 Å². The molecule has 29 heavy (non-hydrogen) atoms. The molecule has 0 aliphatic rings. The molecular weight excluding hydrogens is 417 g/mol. The van der Waals surface area contributed by atoms with Crippen molar-refractivity contribution in [2.24, 2.45) is 0 Å². The largest absolute Gasteiger partial charge is 0.481 e. The zero-order chi connectivity index (χ0) is 20.8. The number of nitrogens with one attached hydrogen (secondary N) is 1. The summed E-state index contributed by atoms with van der Waals surface area (Å²) in [4.78, 5) is 12.2. The van der Waals surface area contributed by atoms with Crippen molar-refractivity contribution in [3.05, 3.63) is 70.8 Å². The van der Waals surface area contributed by atoms with Crippen LogP contribution in [0.2, 0.25) is 5.02 Å². The van der Waals surface area contributed by atoms with Gasteiger partial charge in [-0.1, -0.05) is 41.6 Å². The molecule has 0 unspecified atom stereocenters. The topological polar surface area (TPSA) is 77.2 Å².